The molecule has 0 unspecified atom stereocenters. The minimum atomic E-state index is -4.04. The van der Waals surface area contributed by atoms with Crippen molar-refractivity contribution in [3.05, 3.63) is 58.4 Å². The van der Waals surface area contributed by atoms with E-state index >= 15 is 0 Å². The lowest BCUT2D eigenvalue weighted by Gasteiger charge is -2.09. The zero-order valence-electron chi connectivity index (χ0n) is 13.1. The molecule has 0 fully saturated rings. The molecule has 0 aliphatic heterocycles. The molecule has 0 saturated carbocycles. The minimum Gasteiger partial charge on any atom is -0.508 e. The van der Waals surface area contributed by atoms with Gasteiger partial charge in [-0.3, -0.25) is 4.79 Å². The number of carbonyl (C=O) groups excluding carboxylic acids is 1. The zero-order valence-corrected chi connectivity index (χ0v) is 14.7. The maximum Gasteiger partial charge on any atom is 0.241 e. The van der Waals surface area contributed by atoms with Gasteiger partial charge in [0.2, 0.25) is 10.0 Å². The maximum absolute atomic E-state index is 14.1. The lowest BCUT2D eigenvalue weighted by Crippen LogP contribution is -2.30. The van der Waals surface area contributed by atoms with Crippen LogP contribution in [0.1, 0.15) is 15.9 Å². The Morgan fingerprint density at radius 3 is 2.68 bits per heavy atom. The van der Waals surface area contributed by atoms with Gasteiger partial charge in [0.25, 0.3) is 0 Å². The van der Waals surface area contributed by atoms with Crippen molar-refractivity contribution in [1.82, 2.24) is 4.72 Å². The standard InChI is InChI=1S/C16H15ClFNO5S/c1-24-9-10-5-13(16(18)14(17)6-10)15(21)8-19-25(22,23)12-4-2-3-11(20)7-12/h2-7,19-20H,8-9H2,1H3. The van der Waals surface area contributed by atoms with E-state index in [1.54, 1.807) is 0 Å². The average Bonchev–Trinajstić information content (AvgIpc) is 2.56. The number of phenols is 1. The Labute approximate surface area is 149 Å². The monoisotopic (exact) mass is 387 g/mol. The maximum atomic E-state index is 14.1. The summed E-state index contributed by atoms with van der Waals surface area (Å²) in [5, 5.41) is 9.09. The molecule has 0 aliphatic rings. The van der Waals surface area contributed by atoms with E-state index in [4.69, 9.17) is 16.3 Å². The molecule has 2 aromatic carbocycles. The second-order valence-electron chi connectivity index (χ2n) is 5.12. The summed E-state index contributed by atoms with van der Waals surface area (Å²) in [6.07, 6.45) is 0. The fraction of sp³-hybridized carbons (Fsp3) is 0.188. The Morgan fingerprint density at radius 1 is 1.32 bits per heavy atom. The second-order valence-corrected chi connectivity index (χ2v) is 7.29. The van der Waals surface area contributed by atoms with E-state index in [9.17, 15) is 22.7 Å². The van der Waals surface area contributed by atoms with Crippen molar-refractivity contribution in [2.75, 3.05) is 13.7 Å². The van der Waals surface area contributed by atoms with Crippen molar-refractivity contribution in [3.63, 3.8) is 0 Å². The molecule has 2 N–H and O–H groups in total. The lowest BCUT2D eigenvalue weighted by atomic mass is 10.1. The number of benzene rings is 2. The quantitative estimate of drug-likeness (QED) is 0.712. The fourth-order valence-electron chi connectivity index (χ4n) is 2.09. The van der Waals surface area contributed by atoms with Gasteiger partial charge in [0.15, 0.2) is 11.6 Å². The van der Waals surface area contributed by atoms with Crippen LogP contribution in [0.3, 0.4) is 0 Å². The van der Waals surface area contributed by atoms with Crippen LogP contribution >= 0.6 is 11.6 Å². The van der Waals surface area contributed by atoms with Gasteiger partial charge in [-0.1, -0.05) is 17.7 Å². The third kappa shape index (κ3) is 4.76. The fourth-order valence-corrected chi connectivity index (χ4v) is 3.35. The number of carbonyl (C=O) groups is 1. The van der Waals surface area contributed by atoms with Gasteiger partial charge in [-0.2, -0.15) is 0 Å². The van der Waals surface area contributed by atoms with Crippen LogP contribution in [0.25, 0.3) is 0 Å². The van der Waals surface area contributed by atoms with Crippen LogP contribution in [0, 0.1) is 5.82 Å². The number of rotatable bonds is 7. The highest BCUT2D eigenvalue weighted by atomic mass is 35.5. The topological polar surface area (TPSA) is 92.7 Å². The van der Waals surface area contributed by atoms with Crippen molar-refractivity contribution in [2.45, 2.75) is 11.5 Å². The van der Waals surface area contributed by atoms with Crippen molar-refractivity contribution < 1.29 is 27.4 Å². The molecule has 25 heavy (non-hydrogen) atoms. The molecule has 0 atom stereocenters. The molecule has 0 aliphatic carbocycles. The van der Waals surface area contributed by atoms with Gasteiger partial charge in [0.05, 0.1) is 28.6 Å². The number of hydrogen-bond donors (Lipinski definition) is 2. The van der Waals surface area contributed by atoms with Crippen molar-refractivity contribution in [2.24, 2.45) is 0 Å². The van der Waals surface area contributed by atoms with Crippen molar-refractivity contribution in [1.29, 1.82) is 0 Å². The predicted octanol–water partition coefficient (Wildman–Crippen LogP) is 2.49. The van der Waals surface area contributed by atoms with Crippen LogP contribution in [-0.2, 0) is 21.4 Å². The Balaban J connectivity index is 2.20. The first-order valence-corrected chi connectivity index (χ1v) is 8.89. The second kappa shape index (κ2) is 7.92. The van der Waals surface area contributed by atoms with Crippen LogP contribution in [0.4, 0.5) is 4.39 Å². The zero-order chi connectivity index (χ0) is 18.6. The number of phenolic OH excluding ortho intramolecular Hbond substituents is 1. The number of halogens is 2. The van der Waals surface area contributed by atoms with Crippen LogP contribution in [0.5, 0.6) is 5.75 Å². The third-order valence-corrected chi connectivity index (χ3v) is 4.92. The van der Waals surface area contributed by atoms with Gasteiger partial charge in [-0.15, -0.1) is 0 Å². The van der Waals surface area contributed by atoms with Gasteiger partial charge >= 0.3 is 0 Å². The molecule has 0 saturated heterocycles. The van der Waals surface area contributed by atoms with E-state index < -0.39 is 28.2 Å². The third-order valence-electron chi connectivity index (χ3n) is 3.25. The summed E-state index contributed by atoms with van der Waals surface area (Å²) in [4.78, 5) is 12.0. The van der Waals surface area contributed by atoms with Crippen LogP contribution in [0.2, 0.25) is 5.02 Å². The lowest BCUT2D eigenvalue weighted by molar-refractivity contribution is 0.0992. The molecular formula is C16H15ClFNO5S. The molecule has 0 aromatic heterocycles. The van der Waals surface area contributed by atoms with Crippen molar-refractivity contribution >= 4 is 27.4 Å². The molecule has 2 rings (SSSR count). The van der Waals surface area contributed by atoms with E-state index in [1.165, 1.54) is 37.4 Å². The predicted molar refractivity (Wildman–Crippen MR) is 89.7 cm³/mol. The highest BCUT2D eigenvalue weighted by Crippen LogP contribution is 2.22. The highest BCUT2D eigenvalue weighted by molar-refractivity contribution is 7.89. The number of hydrogen-bond acceptors (Lipinski definition) is 5. The number of nitrogens with one attached hydrogen (secondary N) is 1. The summed E-state index contributed by atoms with van der Waals surface area (Å²) in [6, 6.07) is 7.53. The number of sulfonamides is 1. The summed E-state index contributed by atoms with van der Waals surface area (Å²) >= 11 is 5.75. The Hall–Kier alpha value is -2.00. The highest BCUT2D eigenvalue weighted by Gasteiger charge is 2.20. The molecular weight excluding hydrogens is 373 g/mol. The number of methoxy groups -OCH3 is 1. The summed E-state index contributed by atoms with van der Waals surface area (Å²) in [6.45, 7) is -0.545. The van der Waals surface area contributed by atoms with Crippen LogP contribution < -0.4 is 4.72 Å². The van der Waals surface area contributed by atoms with Gasteiger partial charge in [0, 0.05) is 7.11 Å². The Morgan fingerprint density at radius 2 is 2.04 bits per heavy atom. The first-order chi connectivity index (χ1) is 11.7. The molecule has 134 valence electrons. The van der Waals surface area contributed by atoms with E-state index in [0.29, 0.717) is 5.56 Å². The van der Waals surface area contributed by atoms with E-state index in [1.807, 2.05) is 0 Å². The Kier molecular flexibility index (Phi) is 6.12. The first kappa shape index (κ1) is 19.3. The van der Waals surface area contributed by atoms with Crippen molar-refractivity contribution in [3.8, 4) is 5.75 Å². The minimum absolute atomic E-state index is 0.120. The van der Waals surface area contributed by atoms with Gasteiger partial charge < -0.3 is 9.84 Å². The normalized spacial score (nSPS) is 11.5. The smallest absolute Gasteiger partial charge is 0.241 e. The number of aromatic hydroxyl groups is 1. The summed E-state index contributed by atoms with van der Waals surface area (Å²) in [5.41, 5.74) is 0.145. The van der Waals surface area contributed by atoms with Crippen LogP contribution in [-0.4, -0.2) is 33.0 Å². The molecule has 0 amide bonds. The van der Waals surface area contributed by atoms with E-state index in [2.05, 4.69) is 4.72 Å². The van der Waals surface area contributed by atoms with E-state index in [-0.39, 0.29) is 27.8 Å². The number of Topliss-reactive ketones (excluding diaryl/α,β-unsaturated/α-hetero) is 1. The van der Waals surface area contributed by atoms with E-state index in [0.717, 1.165) is 6.07 Å². The molecule has 0 heterocycles. The average molecular weight is 388 g/mol. The Bertz CT molecular complexity index is 901. The van der Waals surface area contributed by atoms with Gasteiger partial charge in [-0.25, -0.2) is 17.5 Å². The summed E-state index contributed by atoms with van der Waals surface area (Å²) < 4.78 is 45.3. The molecule has 0 radical (unpaired) electrons. The van der Waals surface area contributed by atoms with Gasteiger partial charge in [-0.05, 0) is 35.9 Å². The number of ether oxygens (including phenoxy) is 1. The summed E-state index contributed by atoms with van der Waals surface area (Å²) in [7, 11) is -2.61. The number of ketones is 1. The molecule has 9 heteroatoms. The van der Waals surface area contributed by atoms with Gasteiger partial charge in [0.1, 0.15) is 5.75 Å². The summed E-state index contributed by atoms with van der Waals surface area (Å²) in [5.74, 6) is -1.96. The molecule has 6 nitrogen and oxygen atoms in total. The molecule has 0 bridgehead atoms. The largest absolute Gasteiger partial charge is 0.508 e. The first-order valence-electron chi connectivity index (χ1n) is 7.03. The SMILES string of the molecule is COCc1cc(Cl)c(F)c(C(=O)CNS(=O)(=O)c2cccc(O)c2)c1. The molecule has 2 aromatic rings. The molecule has 0 spiro atoms. The van der Waals surface area contributed by atoms with Crippen LogP contribution in [0.15, 0.2) is 41.3 Å².